The van der Waals surface area contributed by atoms with E-state index >= 15 is 0 Å². The summed E-state index contributed by atoms with van der Waals surface area (Å²) in [6.07, 6.45) is 0.713. The Bertz CT molecular complexity index is 828. The summed E-state index contributed by atoms with van der Waals surface area (Å²) in [6.45, 7) is 5.60. The van der Waals surface area contributed by atoms with Gasteiger partial charge in [-0.3, -0.25) is 0 Å². The molecule has 1 atom stereocenters. The molecule has 28 heavy (non-hydrogen) atoms. The highest BCUT2D eigenvalue weighted by Gasteiger charge is 2.06. The van der Waals surface area contributed by atoms with Crippen molar-refractivity contribution in [1.29, 1.82) is 0 Å². The molecular formula is C25H28O3. The second-order valence-electron chi connectivity index (χ2n) is 6.63. The van der Waals surface area contributed by atoms with E-state index in [0.29, 0.717) is 19.8 Å². The van der Waals surface area contributed by atoms with E-state index in [1.165, 1.54) is 22.3 Å². The van der Waals surface area contributed by atoms with Crippen LogP contribution in [0.3, 0.4) is 0 Å². The fourth-order valence-electron chi connectivity index (χ4n) is 3.03. The molecule has 0 amide bonds. The van der Waals surface area contributed by atoms with Gasteiger partial charge in [-0.1, -0.05) is 73.7 Å². The molecule has 0 radical (unpaired) electrons. The van der Waals surface area contributed by atoms with Gasteiger partial charge >= 0.3 is 0 Å². The van der Waals surface area contributed by atoms with E-state index in [2.05, 4.69) is 61.5 Å². The molecule has 0 aromatic heterocycles. The molecule has 0 fully saturated rings. The lowest BCUT2D eigenvalue weighted by Gasteiger charge is -2.16. The summed E-state index contributed by atoms with van der Waals surface area (Å²) in [7, 11) is 0. The minimum Gasteiger partial charge on any atom is -0.465 e. The van der Waals surface area contributed by atoms with Crippen molar-refractivity contribution in [3.8, 4) is 16.9 Å². The zero-order valence-electron chi connectivity index (χ0n) is 16.6. The van der Waals surface area contributed by atoms with E-state index in [1.54, 1.807) is 0 Å². The monoisotopic (exact) mass is 376 g/mol. The molecule has 0 aliphatic heterocycles. The molecule has 0 heterocycles. The lowest BCUT2D eigenvalue weighted by molar-refractivity contribution is -0.0848. The predicted octanol–water partition coefficient (Wildman–Crippen LogP) is 5.87. The summed E-state index contributed by atoms with van der Waals surface area (Å²) in [5.41, 5.74) is 4.88. The number of hydrogen-bond donors (Lipinski definition) is 0. The molecule has 1 unspecified atom stereocenters. The second kappa shape index (κ2) is 10.6. The minimum absolute atomic E-state index is 0.312. The quantitative estimate of drug-likeness (QED) is 0.327. The van der Waals surface area contributed by atoms with Gasteiger partial charge in [-0.2, -0.15) is 0 Å². The molecule has 0 aliphatic rings. The number of rotatable bonds is 10. The van der Waals surface area contributed by atoms with Crippen molar-refractivity contribution in [2.24, 2.45) is 0 Å². The lowest BCUT2D eigenvalue weighted by Crippen LogP contribution is -2.19. The van der Waals surface area contributed by atoms with Crippen LogP contribution in [0.15, 0.2) is 78.9 Å². The molecule has 3 aromatic carbocycles. The van der Waals surface area contributed by atoms with Gasteiger partial charge in [-0.05, 0) is 47.7 Å². The molecule has 3 heteroatoms. The molecule has 0 bridgehead atoms. The van der Waals surface area contributed by atoms with Crippen molar-refractivity contribution in [3.05, 3.63) is 90.0 Å². The van der Waals surface area contributed by atoms with E-state index in [9.17, 15) is 0 Å². The van der Waals surface area contributed by atoms with Crippen LogP contribution in [0.5, 0.6) is 5.75 Å². The van der Waals surface area contributed by atoms with Crippen LogP contribution < -0.4 is 4.74 Å². The summed E-state index contributed by atoms with van der Waals surface area (Å²) in [4.78, 5) is 0. The van der Waals surface area contributed by atoms with E-state index in [-0.39, 0.29) is 6.29 Å². The van der Waals surface area contributed by atoms with Gasteiger partial charge in [0.15, 0.2) is 6.29 Å². The predicted molar refractivity (Wildman–Crippen MR) is 113 cm³/mol. The van der Waals surface area contributed by atoms with Crippen LogP contribution in [0.25, 0.3) is 11.1 Å². The van der Waals surface area contributed by atoms with Crippen LogP contribution >= 0.6 is 0 Å². The Kier molecular flexibility index (Phi) is 7.65. The van der Waals surface area contributed by atoms with E-state index in [0.717, 1.165) is 12.2 Å². The Hall–Kier alpha value is -2.62. The fraction of sp³-hybridized carbons (Fsp3) is 0.280. The van der Waals surface area contributed by atoms with Crippen LogP contribution in [-0.4, -0.2) is 19.5 Å². The van der Waals surface area contributed by atoms with E-state index in [4.69, 9.17) is 14.2 Å². The highest BCUT2D eigenvalue weighted by atomic mass is 16.7. The van der Waals surface area contributed by atoms with Gasteiger partial charge in [0, 0.05) is 0 Å². The summed E-state index contributed by atoms with van der Waals surface area (Å²) >= 11 is 0. The molecule has 0 spiro atoms. The Morgan fingerprint density at radius 2 is 1.50 bits per heavy atom. The van der Waals surface area contributed by atoms with Crippen molar-refractivity contribution in [2.45, 2.75) is 33.2 Å². The molecule has 0 saturated carbocycles. The standard InChI is InChI=1S/C25H28O3/c1-3-21-13-15-24(16-14-21)28-20(2)27-18-17-26-19-23-11-7-8-12-25(23)22-9-5-4-6-10-22/h4-16,20H,3,17-19H2,1-2H3. The van der Waals surface area contributed by atoms with Gasteiger partial charge in [0.25, 0.3) is 0 Å². The summed E-state index contributed by atoms with van der Waals surface area (Å²) < 4.78 is 17.3. The maximum absolute atomic E-state index is 5.83. The fourth-order valence-corrected chi connectivity index (χ4v) is 3.03. The third-order valence-electron chi connectivity index (χ3n) is 4.57. The van der Waals surface area contributed by atoms with Gasteiger partial charge in [0.05, 0.1) is 19.8 Å². The normalized spacial score (nSPS) is 11.9. The lowest BCUT2D eigenvalue weighted by atomic mass is 10.0. The van der Waals surface area contributed by atoms with Crippen molar-refractivity contribution < 1.29 is 14.2 Å². The van der Waals surface area contributed by atoms with Crippen LogP contribution in [0.1, 0.15) is 25.0 Å². The molecule has 0 N–H and O–H groups in total. The van der Waals surface area contributed by atoms with Gasteiger partial charge in [0.1, 0.15) is 5.75 Å². The van der Waals surface area contributed by atoms with E-state index < -0.39 is 0 Å². The molecule has 3 rings (SSSR count). The Balaban J connectivity index is 1.41. The first-order chi connectivity index (χ1) is 13.8. The zero-order chi connectivity index (χ0) is 19.6. The molecule has 3 aromatic rings. The maximum atomic E-state index is 5.83. The van der Waals surface area contributed by atoms with Crippen molar-refractivity contribution >= 4 is 0 Å². The maximum Gasteiger partial charge on any atom is 0.197 e. The van der Waals surface area contributed by atoms with Crippen LogP contribution in [0.2, 0.25) is 0 Å². The van der Waals surface area contributed by atoms with Crippen molar-refractivity contribution in [3.63, 3.8) is 0 Å². The van der Waals surface area contributed by atoms with Crippen LogP contribution in [-0.2, 0) is 22.5 Å². The highest BCUT2D eigenvalue weighted by Crippen LogP contribution is 2.23. The Labute approximate surface area is 167 Å². The number of aryl methyl sites for hydroxylation is 1. The number of hydrogen-bond acceptors (Lipinski definition) is 3. The first-order valence-corrected chi connectivity index (χ1v) is 9.84. The zero-order valence-corrected chi connectivity index (χ0v) is 16.6. The van der Waals surface area contributed by atoms with E-state index in [1.807, 2.05) is 31.2 Å². The average Bonchev–Trinajstić information content (AvgIpc) is 2.75. The van der Waals surface area contributed by atoms with Gasteiger partial charge in [0.2, 0.25) is 0 Å². The smallest absolute Gasteiger partial charge is 0.197 e. The first-order valence-electron chi connectivity index (χ1n) is 9.84. The van der Waals surface area contributed by atoms with Crippen LogP contribution in [0.4, 0.5) is 0 Å². The Morgan fingerprint density at radius 1 is 0.786 bits per heavy atom. The minimum atomic E-state index is -0.312. The second-order valence-corrected chi connectivity index (χ2v) is 6.63. The third-order valence-corrected chi connectivity index (χ3v) is 4.57. The molecule has 0 aliphatic carbocycles. The summed E-state index contributed by atoms with van der Waals surface area (Å²) in [6, 6.07) is 26.8. The molecule has 3 nitrogen and oxygen atoms in total. The van der Waals surface area contributed by atoms with Gasteiger partial charge < -0.3 is 14.2 Å². The molecular weight excluding hydrogens is 348 g/mol. The molecule has 146 valence electrons. The summed E-state index contributed by atoms with van der Waals surface area (Å²) in [5.74, 6) is 0.822. The largest absolute Gasteiger partial charge is 0.465 e. The van der Waals surface area contributed by atoms with Gasteiger partial charge in [-0.15, -0.1) is 0 Å². The topological polar surface area (TPSA) is 27.7 Å². The average molecular weight is 376 g/mol. The first kappa shape index (κ1) is 20.1. The highest BCUT2D eigenvalue weighted by molar-refractivity contribution is 5.67. The van der Waals surface area contributed by atoms with Gasteiger partial charge in [-0.25, -0.2) is 0 Å². The Morgan fingerprint density at radius 3 is 2.25 bits per heavy atom. The van der Waals surface area contributed by atoms with Crippen molar-refractivity contribution in [2.75, 3.05) is 13.2 Å². The third kappa shape index (κ3) is 5.95. The van der Waals surface area contributed by atoms with Crippen molar-refractivity contribution in [1.82, 2.24) is 0 Å². The molecule has 0 saturated heterocycles. The number of ether oxygens (including phenoxy) is 3. The summed E-state index contributed by atoms with van der Waals surface area (Å²) in [5, 5.41) is 0. The number of benzene rings is 3. The SMILES string of the molecule is CCc1ccc(OC(C)OCCOCc2ccccc2-c2ccccc2)cc1. The van der Waals surface area contributed by atoms with Crippen LogP contribution in [0, 0.1) is 0 Å².